The molecule has 0 bridgehead atoms. The van der Waals surface area contributed by atoms with Crippen LogP contribution in [0.4, 0.5) is 5.69 Å². The average molecular weight is 419 g/mol. The molecule has 4 rings (SSSR count). The van der Waals surface area contributed by atoms with Gasteiger partial charge in [-0.25, -0.2) is 8.42 Å². The van der Waals surface area contributed by atoms with Gasteiger partial charge in [0.25, 0.3) is 0 Å². The third kappa shape index (κ3) is 4.30. The Kier molecular flexibility index (Phi) is 5.12. The molecule has 1 aromatic carbocycles. The van der Waals surface area contributed by atoms with E-state index in [1.54, 1.807) is 6.20 Å². The smallest absolute Gasteiger partial charge is 0.316 e. The summed E-state index contributed by atoms with van der Waals surface area (Å²) in [5.74, 6) is 0.282. The van der Waals surface area contributed by atoms with E-state index in [0.29, 0.717) is 44.2 Å². The van der Waals surface area contributed by atoms with Crippen molar-refractivity contribution in [2.24, 2.45) is 5.41 Å². The first-order chi connectivity index (χ1) is 13.8. The standard InChI is InChI=1S/C20H26N4O4S/c1-20(8-9-20)15-28-18-17(22-10-12-23(13-11-22)29(2,26)27)14-21-24(19(18)25)16-6-4-3-5-7-16/h3-7,14H,8-13,15H2,1-2H3. The SMILES string of the molecule is CC1(COc2c(N3CCN(S(C)(=O)=O)CC3)cnn(-c3ccccc3)c2=O)CC1. The van der Waals surface area contributed by atoms with Crippen LogP contribution in [0.3, 0.4) is 0 Å². The fraction of sp³-hybridized carbons (Fsp3) is 0.500. The first-order valence-electron chi connectivity index (χ1n) is 9.78. The molecular formula is C20H26N4O4S. The lowest BCUT2D eigenvalue weighted by Crippen LogP contribution is -2.48. The Balaban J connectivity index is 1.66. The van der Waals surface area contributed by atoms with E-state index in [0.717, 1.165) is 12.8 Å². The van der Waals surface area contributed by atoms with Gasteiger partial charge in [-0.05, 0) is 25.0 Å². The van der Waals surface area contributed by atoms with Crippen LogP contribution in [0.1, 0.15) is 19.8 Å². The molecule has 0 radical (unpaired) electrons. The number of aromatic nitrogens is 2. The van der Waals surface area contributed by atoms with Crippen molar-refractivity contribution >= 4 is 15.7 Å². The topological polar surface area (TPSA) is 84.7 Å². The van der Waals surface area contributed by atoms with Gasteiger partial charge in [0.2, 0.25) is 15.8 Å². The summed E-state index contributed by atoms with van der Waals surface area (Å²) in [6, 6.07) is 9.24. The first-order valence-corrected chi connectivity index (χ1v) is 11.6. The normalized spacial score (nSPS) is 19.2. The van der Waals surface area contributed by atoms with Crippen LogP contribution in [-0.2, 0) is 10.0 Å². The average Bonchev–Trinajstić information content (AvgIpc) is 3.44. The minimum Gasteiger partial charge on any atom is -0.486 e. The second-order valence-corrected chi connectivity index (χ2v) is 10.1. The molecule has 1 aliphatic carbocycles. The summed E-state index contributed by atoms with van der Waals surface area (Å²) in [5, 5.41) is 4.36. The van der Waals surface area contributed by atoms with Crippen molar-refractivity contribution in [1.82, 2.24) is 14.1 Å². The van der Waals surface area contributed by atoms with Crippen molar-refractivity contribution in [3.63, 3.8) is 0 Å². The van der Waals surface area contributed by atoms with Crippen LogP contribution < -0.4 is 15.2 Å². The Morgan fingerprint density at radius 3 is 2.34 bits per heavy atom. The maximum Gasteiger partial charge on any atom is 0.316 e. The summed E-state index contributed by atoms with van der Waals surface area (Å²) < 4.78 is 32.4. The molecule has 2 aromatic rings. The van der Waals surface area contributed by atoms with Crippen LogP contribution >= 0.6 is 0 Å². The van der Waals surface area contributed by atoms with Crippen molar-refractivity contribution in [1.29, 1.82) is 0 Å². The van der Waals surface area contributed by atoms with Gasteiger partial charge in [0.05, 0.1) is 24.7 Å². The third-order valence-electron chi connectivity index (χ3n) is 5.63. The Morgan fingerprint density at radius 1 is 1.10 bits per heavy atom. The summed E-state index contributed by atoms with van der Waals surface area (Å²) >= 11 is 0. The van der Waals surface area contributed by atoms with Crippen molar-refractivity contribution < 1.29 is 13.2 Å². The maximum atomic E-state index is 13.2. The van der Waals surface area contributed by atoms with Crippen LogP contribution in [0.2, 0.25) is 0 Å². The van der Waals surface area contributed by atoms with Gasteiger partial charge in [-0.1, -0.05) is 25.1 Å². The molecule has 156 valence electrons. The van der Waals surface area contributed by atoms with E-state index in [1.165, 1.54) is 15.2 Å². The summed E-state index contributed by atoms with van der Waals surface area (Å²) in [5.41, 5.74) is 1.12. The highest BCUT2D eigenvalue weighted by Gasteiger charge is 2.39. The largest absolute Gasteiger partial charge is 0.486 e. The van der Waals surface area contributed by atoms with E-state index in [2.05, 4.69) is 12.0 Å². The monoisotopic (exact) mass is 418 g/mol. The molecule has 9 heteroatoms. The van der Waals surface area contributed by atoms with E-state index >= 15 is 0 Å². The van der Waals surface area contributed by atoms with Crippen molar-refractivity contribution in [2.45, 2.75) is 19.8 Å². The number of sulfonamides is 1. The van der Waals surface area contributed by atoms with Crippen LogP contribution in [0, 0.1) is 5.41 Å². The van der Waals surface area contributed by atoms with Crippen LogP contribution in [0.25, 0.3) is 5.69 Å². The second-order valence-electron chi connectivity index (χ2n) is 8.16. The minimum absolute atomic E-state index is 0.125. The van der Waals surface area contributed by atoms with Gasteiger partial charge in [-0.15, -0.1) is 0 Å². The molecule has 0 N–H and O–H groups in total. The maximum absolute atomic E-state index is 13.2. The quantitative estimate of drug-likeness (QED) is 0.707. The molecule has 1 aliphatic heterocycles. The molecule has 0 amide bonds. The summed E-state index contributed by atoms with van der Waals surface area (Å²) in [7, 11) is -3.22. The molecular weight excluding hydrogens is 392 g/mol. The lowest BCUT2D eigenvalue weighted by atomic mass is 10.2. The number of anilines is 1. The molecule has 1 saturated carbocycles. The molecule has 2 fully saturated rings. The van der Waals surface area contributed by atoms with E-state index in [9.17, 15) is 13.2 Å². The zero-order chi connectivity index (χ0) is 20.6. The molecule has 0 spiro atoms. The zero-order valence-electron chi connectivity index (χ0n) is 16.7. The zero-order valence-corrected chi connectivity index (χ0v) is 17.6. The number of nitrogens with zero attached hydrogens (tertiary/aromatic N) is 4. The van der Waals surface area contributed by atoms with E-state index in [-0.39, 0.29) is 16.7 Å². The Labute approximate surface area is 170 Å². The summed E-state index contributed by atoms with van der Waals surface area (Å²) in [6.07, 6.45) is 5.05. The van der Waals surface area contributed by atoms with Gasteiger partial charge >= 0.3 is 5.56 Å². The number of para-hydroxylation sites is 1. The number of benzene rings is 1. The van der Waals surface area contributed by atoms with E-state index < -0.39 is 10.0 Å². The Hall–Kier alpha value is -2.39. The molecule has 2 aliphatic rings. The van der Waals surface area contributed by atoms with Gasteiger partial charge < -0.3 is 9.64 Å². The predicted molar refractivity (Wildman–Crippen MR) is 111 cm³/mol. The fourth-order valence-corrected chi connectivity index (χ4v) is 4.23. The number of hydrogen-bond acceptors (Lipinski definition) is 6. The van der Waals surface area contributed by atoms with Gasteiger partial charge in [-0.3, -0.25) is 4.79 Å². The highest BCUT2D eigenvalue weighted by Crippen LogP contribution is 2.45. The lowest BCUT2D eigenvalue weighted by Gasteiger charge is -2.35. The second kappa shape index (κ2) is 7.46. The Morgan fingerprint density at radius 2 is 1.76 bits per heavy atom. The molecule has 29 heavy (non-hydrogen) atoms. The minimum atomic E-state index is -3.22. The summed E-state index contributed by atoms with van der Waals surface area (Å²) in [4.78, 5) is 15.2. The van der Waals surface area contributed by atoms with Crippen LogP contribution in [0.15, 0.2) is 41.3 Å². The van der Waals surface area contributed by atoms with Crippen molar-refractivity contribution in [3.05, 3.63) is 46.9 Å². The highest BCUT2D eigenvalue weighted by atomic mass is 32.2. The molecule has 0 unspecified atom stereocenters. The van der Waals surface area contributed by atoms with E-state index in [4.69, 9.17) is 4.74 Å². The predicted octanol–water partition coefficient (Wildman–Crippen LogP) is 1.49. The van der Waals surface area contributed by atoms with Crippen molar-refractivity contribution in [2.75, 3.05) is 43.9 Å². The Bertz CT molecular complexity index is 1040. The van der Waals surface area contributed by atoms with E-state index in [1.807, 2.05) is 35.2 Å². The summed E-state index contributed by atoms with van der Waals surface area (Å²) in [6.45, 7) is 4.34. The molecule has 2 heterocycles. The van der Waals surface area contributed by atoms with Gasteiger partial charge in [-0.2, -0.15) is 14.1 Å². The van der Waals surface area contributed by atoms with Crippen LogP contribution in [-0.4, -0.2) is 61.5 Å². The molecule has 1 aromatic heterocycles. The number of piperazine rings is 1. The lowest BCUT2D eigenvalue weighted by molar-refractivity contribution is 0.242. The highest BCUT2D eigenvalue weighted by molar-refractivity contribution is 7.88. The first kappa shape index (κ1) is 19.9. The fourth-order valence-electron chi connectivity index (χ4n) is 3.41. The number of hydrogen-bond donors (Lipinski definition) is 0. The number of ether oxygens (including phenoxy) is 1. The molecule has 1 saturated heterocycles. The molecule has 0 atom stereocenters. The van der Waals surface area contributed by atoms with Crippen molar-refractivity contribution in [3.8, 4) is 11.4 Å². The van der Waals surface area contributed by atoms with Gasteiger partial charge in [0.15, 0.2) is 0 Å². The number of rotatable bonds is 6. The molecule has 8 nitrogen and oxygen atoms in total. The van der Waals surface area contributed by atoms with Gasteiger partial charge in [0.1, 0.15) is 5.69 Å². The van der Waals surface area contributed by atoms with Crippen LogP contribution in [0.5, 0.6) is 5.75 Å². The van der Waals surface area contributed by atoms with Gasteiger partial charge in [0, 0.05) is 31.6 Å². The third-order valence-corrected chi connectivity index (χ3v) is 6.94.